The lowest BCUT2D eigenvalue weighted by molar-refractivity contribution is 0.175. The number of rotatable bonds is 2. The minimum absolute atomic E-state index is 0.0839. The summed E-state index contributed by atoms with van der Waals surface area (Å²) in [6.45, 7) is 6.42. The second kappa shape index (κ2) is 7.29. The fraction of sp³-hybridized carbons (Fsp3) is 0.636. The number of unbranched alkanes of at least 4 members (excludes halogenated alkanes) is 1. The van der Waals surface area contributed by atoms with E-state index in [0.717, 1.165) is 6.42 Å². The predicted octanol–water partition coefficient (Wildman–Crippen LogP) is 3.87. The fourth-order valence-electron chi connectivity index (χ4n) is 0.795. The lowest BCUT2D eigenvalue weighted by Gasteiger charge is -2.23. The van der Waals surface area contributed by atoms with Crippen LogP contribution in [0.4, 0.5) is 0 Å². The first-order valence-corrected chi connectivity index (χ1v) is 5.38. The molecule has 2 unspecified atom stereocenters. The molecule has 1 aliphatic rings. The van der Waals surface area contributed by atoms with Crippen molar-refractivity contribution in [1.29, 1.82) is 0 Å². The van der Waals surface area contributed by atoms with E-state index in [1.807, 2.05) is 12.2 Å². The summed E-state index contributed by atoms with van der Waals surface area (Å²) >= 11 is 0. The van der Waals surface area contributed by atoms with Crippen LogP contribution in [-0.4, -0.2) is 5.60 Å². The van der Waals surface area contributed by atoms with E-state index in [4.69, 9.17) is 4.52 Å². The van der Waals surface area contributed by atoms with Gasteiger partial charge in [0.15, 0.2) is 0 Å². The molecule has 0 saturated heterocycles. The average molecular weight is 200 g/mol. The number of hydrogen-bond donors (Lipinski definition) is 0. The maximum atomic E-state index is 5.16. The summed E-state index contributed by atoms with van der Waals surface area (Å²) in [5, 5.41) is 0. The lowest BCUT2D eigenvalue weighted by Crippen LogP contribution is -2.21. The van der Waals surface area contributed by atoms with Crippen LogP contribution in [0.5, 0.6) is 0 Å². The summed E-state index contributed by atoms with van der Waals surface area (Å²) in [7, 11) is 2.29. The van der Waals surface area contributed by atoms with Gasteiger partial charge in [-0.05, 0) is 13.3 Å². The first-order chi connectivity index (χ1) is 6.18. The Labute approximate surface area is 84.5 Å². The van der Waals surface area contributed by atoms with E-state index in [1.54, 1.807) is 0 Å². The molecule has 2 heteroatoms. The van der Waals surface area contributed by atoms with Crippen molar-refractivity contribution in [3.8, 4) is 0 Å². The topological polar surface area (TPSA) is 9.23 Å². The van der Waals surface area contributed by atoms with Gasteiger partial charge in [0.2, 0.25) is 0 Å². The standard InChI is InChI=1S/C7H11OP.C4H10/c1-7(8-9)5-3-2-4-6-7;1-3-4-2/h2-5H,6,9H2,1H3;3-4H2,1-2H3. The molecule has 0 aliphatic heterocycles. The van der Waals surface area contributed by atoms with Gasteiger partial charge in [0.25, 0.3) is 0 Å². The van der Waals surface area contributed by atoms with Crippen molar-refractivity contribution in [3.63, 3.8) is 0 Å². The van der Waals surface area contributed by atoms with Crippen LogP contribution in [-0.2, 0) is 4.52 Å². The molecule has 0 aromatic rings. The molecule has 0 radical (unpaired) electrons. The smallest absolute Gasteiger partial charge is 0.0907 e. The minimum Gasteiger partial charge on any atom is -0.355 e. The summed E-state index contributed by atoms with van der Waals surface area (Å²) in [4.78, 5) is 0. The molecule has 76 valence electrons. The van der Waals surface area contributed by atoms with E-state index in [2.05, 4.69) is 42.4 Å². The molecule has 0 heterocycles. The van der Waals surface area contributed by atoms with E-state index in [1.165, 1.54) is 12.8 Å². The highest BCUT2D eigenvalue weighted by molar-refractivity contribution is 7.09. The molecule has 0 fully saturated rings. The summed E-state index contributed by atoms with van der Waals surface area (Å²) in [5.74, 6) is 0. The Hall–Kier alpha value is -0.130. The van der Waals surface area contributed by atoms with Crippen LogP contribution in [0.25, 0.3) is 0 Å². The van der Waals surface area contributed by atoms with E-state index in [0.29, 0.717) is 0 Å². The zero-order valence-corrected chi connectivity index (χ0v) is 10.1. The van der Waals surface area contributed by atoms with Gasteiger partial charge in [-0.3, -0.25) is 0 Å². The number of allylic oxidation sites excluding steroid dienone is 2. The Morgan fingerprint density at radius 3 is 2.15 bits per heavy atom. The summed E-state index contributed by atoms with van der Waals surface area (Å²) in [6, 6.07) is 0. The molecule has 0 N–H and O–H groups in total. The van der Waals surface area contributed by atoms with Gasteiger partial charge >= 0.3 is 0 Å². The van der Waals surface area contributed by atoms with Gasteiger partial charge in [0.05, 0.1) is 5.60 Å². The van der Waals surface area contributed by atoms with E-state index < -0.39 is 0 Å². The largest absolute Gasteiger partial charge is 0.355 e. The molecule has 1 aliphatic carbocycles. The van der Waals surface area contributed by atoms with Crippen LogP contribution >= 0.6 is 9.47 Å². The van der Waals surface area contributed by atoms with Crippen molar-refractivity contribution in [3.05, 3.63) is 24.3 Å². The fourth-order valence-corrected chi connectivity index (χ4v) is 0.970. The maximum Gasteiger partial charge on any atom is 0.0907 e. The van der Waals surface area contributed by atoms with Crippen molar-refractivity contribution in [2.24, 2.45) is 0 Å². The van der Waals surface area contributed by atoms with Crippen molar-refractivity contribution < 1.29 is 4.52 Å². The van der Waals surface area contributed by atoms with Gasteiger partial charge in [-0.15, -0.1) is 0 Å². The van der Waals surface area contributed by atoms with Gasteiger partial charge in [-0.2, -0.15) is 0 Å². The summed E-state index contributed by atoms with van der Waals surface area (Å²) in [6.07, 6.45) is 11.8. The van der Waals surface area contributed by atoms with Crippen molar-refractivity contribution in [1.82, 2.24) is 0 Å². The van der Waals surface area contributed by atoms with Crippen molar-refractivity contribution >= 4 is 9.47 Å². The van der Waals surface area contributed by atoms with Crippen LogP contribution in [0.15, 0.2) is 24.3 Å². The Morgan fingerprint density at radius 1 is 1.31 bits per heavy atom. The van der Waals surface area contributed by atoms with Crippen LogP contribution < -0.4 is 0 Å². The molecular weight excluding hydrogens is 179 g/mol. The molecule has 1 rings (SSSR count). The Bertz CT molecular complexity index is 173. The van der Waals surface area contributed by atoms with Gasteiger partial charge in [-0.25, -0.2) is 0 Å². The molecular formula is C11H21OP. The molecule has 0 amide bonds. The third-order valence-electron chi connectivity index (χ3n) is 1.99. The van der Waals surface area contributed by atoms with Crippen LogP contribution in [0, 0.1) is 0 Å². The van der Waals surface area contributed by atoms with Gasteiger partial charge in [-0.1, -0.05) is 51.0 Å². The quantitative estimate of drug-likeness (QED) is 0.615. The molecule has 0 spiro atoms. The second-order valence-corrected chi connectivity index (χ2v) is 3.66. The second-order valence-electron chi connectivity index (χ2n) is 3.42. The van der Waals surface area contributed by atoms with Gasteiger partial charge < -0.3 is 4.52 Å². The van der Waals surface area contributed by atoms with Crippen LogP contribution in [0.1, 0.15) is 40.0 Å². The monoisotopic (exact) mass is 200 g/mol. The third kappa shape index (κ3) is 6.01. The average Bonchev–Trinajstić information content (AvgIpc) is 2.20. The number of hydrogen-bond acceptors (Lipinski definition) is 1. The van der Waals surface area contributed by atoms with E-state index >= 15 is 0 Å². The Balaban J connectivity index is 0.000000310. The Kier molecular flexibility index (Phi) is 7.22. The van der Waals surface area contributed by atoms with E-state index in [9.17, 15) is 0 Å². The minimum atomic E-state index is -0.0839. The highest BCUT2D eigenvalue weighted by Gasteiger charge is 2.18. The zero-order valence-electron chi connectivity index (χ0n) is 8.92. The van der Waals surface area contributed by atoms with E-state index in [-0.39, 0.29) is 5.60 Å². The maximum absolute atomic E-state index is 5.16. The SMILES string of the molecule is CC1(OP)C=CC=CC1.CCCC. The van der Waals surface area contributed by atoms with Crippen LogP contribution in [0.3, 0.4) is 0 Å². The third-order valence-corrected chi connectivity index (χ3v) is 2.53. The molecule has 0 saturated carbocycles. The van der Waals surface area contributed by atoms with Crippen LogP contribution in [0.2, 0.25) is 0 Å². The Morgan fingerprint density at radius 2 is 1.92 bits per heavy atom. The first-order valence-electron chi connectivity index (χ1n) is 4.90. The summed E-state index contributed by atoms with van der Waals surface area (Å²) < 4.78 is 5.16. The van der Waals surface area contributed by atoms with Gasteiger partial charge in [0.1, 0.15) is 0 Å². The predicted molar refractivity (Wildman–Crippen MR) is 62.7 cm³/mol. The zero-order chi connectivity index (χ0) is 10.2. The van der Waals surface area contributed by atoms with Crippen molar-refractivity contribution in [2.75, 3.05) is 0 Å². The van der Waals surface area contributed by atoms with Gasteiger partial charge in [0, 0.05) is 9.47 Å². The normalized spacial score (nSPS) is 25.2. The highest BCUT2D eigenvalue weighted by atomic mass is 31.0. The summed E-state index contributed by atoms with van der Waals surface area (Å²) in [5.41, 5.74) is -0.0839. The molecule has 0 aromatic carbocycles. The molecule has 0 bridgehead atoms. The van der Waals surface area contributed by atoms with Crippen molar-refractivity contribution in [2.45, 2.75) is 45.6 Å². The molecule has 2 atom stereocenters. The first kappa shape index (κ1) is 12.9. The lowest BCUT2D eigenvalue weighted by atomic mass is 9.98. The molecule has 1 nitrogen and oxygen atoms in total. The molecule has 0 aromatic heterocycles. The molecule has 13 heavy (non-hydrogen) atoms. The highest BCUT2D eigenvalue weighted by Crippen LogP contribution is 2.23.